The monoisotopic (exact) mass is 292 g/mol. The highest BCUT2D eigenvalue weighted by Gasteiger charge is 2.16. The molecule has 0 saturated heterocycles. The van der Waals surface area contributed by atoms with Gasteiger partial charge in [0.2, 0.25) is 0 Å². The molecule has 0 fully saturated rings. The van der Waals surface area contributed by atoms with Gasteiger partial charge >= 0.3 is 0 Å². The minimum atomic E-state index is -0.301. The van der Waals surface area contributed by atoms with E-state index in [0.29, 0.717) is 17.9 Å². The number of aryl methyl sites for hydroxylation is 1. The summed E-state index contributed by atoms with van der Waals surface area (Å²) in [4.78, 5) is 4.43. The summed E-state index contributed by atoms with van der Waals surface area (Å²) in [5.74, 6) is 2.09. The van der Waals surface area contributed by atoms with E-state index in [0.717, 1.165) is 17.0 Å². The van der Waals surface area contributed by atoms with E-state index in [1.54, 1.807) is 6.07 Å². The molecular weight excluding hydrogens is 279 g/mol. The topological polar surface area (TPSA) is 31.0 Å². The van der Waals surface area contributed by atoms with Gasteiger partial charge in [-0.15, -0.1) is 11.6 Å². The van der Waals surface area contributed by atoms with Crippen LogP contribution in [0.4, 0.5) is 4.39 Å². The summed E-state index contributed by atoms with van der Waals surface area (Å²) in [6.45, 7) is 4.28. The average molecular weight is 293 g/mol. The van der Waals surface area contributed by atoms with Crippen LogP contribution in [0.25, 0.3) is 11.0 Å². The molecule has 20 heavy (non-hydrogen) atoms. The zero-order chi connectivity index (χ0) is 14.3. The molecule has 3 rings (SSSR count). The first-order valence-electron chi connectivity index (χ1n) is 6.39. The van der Waals surface area contributed by atoms with E-state index >= 15 is 0 Å². The van der Waals surface area contributed by atoms with Gasteiger partial charge in [0.05, 0.1) is 23.0 Å². The Labute approximate surface area is 121 Å². The highest BCUT2D eigenvalue weighted by molar-refractivity contribution is 6.20. The van der Waals surface area contributed by atoms with Gasteiger partial charge in [0, 0.05) is 6.07 Å². The lowest BCUT2D eigenvalue weighted by Crippen LogP contribution is -2.05. The molecule has 0 aliphatic rings. The summed E-state index contributed by atoms with van der Waals surface area (Å²) < 4.78 is 20.9. The molecule has 0 spiro atoms. The highest BCUT2D eigenvalue weighted by atomic mass is 35.5. The predicted molar refractivity (Wildman–Crippen MR) is 76.5 cm³/mol. The Morgan fingerprint density at radius 3 is 2.80 bits per heavy atom. The van der Waals surface area contributed by atoms with E-state index in [1.165, 1.54) is 12.1 Å². The van der Waals surface area contributed by atoms with Crippen LogP contribution in [0.5, 0.6) is 0 Å². The Kier molecular flexibility index (Phi) is 3.26. The van der Waals surface area contributed by atoms with Crippen molar-refractivity contribution in [2.45, 2.75) is 25.8 Å². The molecule has 3 aromatic rings. The van der Waals surface area contributed by atoms with Crippen LogP contribution in [0.3, 0.4) is 0 Å². The number of hydrogen-bond donors (Lipinski definition) is 0. The van der Waals surface area contributed by atoms with Crippen molar-refractivity contribution in [2.75, 3.05) is 0 Å². The zero-order valence-electron chi connectivity index (χ0n) is 11.2. The second kappa shape index (κ2) is 4.94. The van der Waals surface area contributed by atoms with Gasteiger partial charge in [-0.05, 0) is 38.1 Å². The zero-order valence-corrected chi connectivity index (χ0v) is 12.0. The molecule has 1 atom stereocenters. The van der Waals surface area contributed by atoms with E-state index < -0.39 is 0 Å². The summed E-state index contributed by atoms with van der Waals surface area (Å²) in [5, 5.41) is -0.262. The van der Waals surface area contributed by atoms with Crippen molar-refractivity contribution in [3.63, 3.8) is 0 Å². The molecule has 104 valence electrons. The molecule has 2 aromatic heterocycles. The van der Waals surface area contributed by atoms with Gasteiger partial charge in [-0.3, -0.25) is 0 Å². The lowest BCUT2D eigenvalue weighted by molar-refractivity contribution is 0.469. The third kappa shape index (κ3) is 2.31. The number of rotatable bonds is 3. The maximum atomic E-state index is 13.3. The summed E-state index contributed by atoms with van der Waals surface area (Å²) in [6.07, 6.45) is 0. The predicted octanol–water partition coefficient (Wildman–Crippen LogP) is 4.42. The van der Waals surface area contributed by atoms with Crippen LogP contribution in [0.15, 0.2) is 34.7 Å². The third-order valence-corrected chi connectivity index (χ3v) is 3.40. The molecule has 0 saturated carbocycles. The van der Waals surface area contributed by atoms with E-state index in [9.17, 15) is 4.39 Å². The molecule has 1 unspecified atom stereocenters. The van der Waals surface area contributed by atoms with Gasteiger partial charge in [-0.25, -0.2) is 9.37 Å². The van der Waals surface area contributed by atoms with Gasteiger partial charge in [-0.2, -0.15) is 0 Å². The van der Waals surface area contributed by atoms with Crippen LogP contribution < -0.4 is 0 Å². The quantitative estimate of drug-likeness (QED) is 0.669. The van der Waals surface area contributed by atoms with Crippen LogP contribution in [0.1, 0.15) is 29.6 Å². The van der Waals surface area contributed by atoms with Crippen molar-refractivity contribution in [3.05, 3.63) is 53.5 Å². The minimum absolute atomic E-state index is 0.262. The minimum Gasteiger partial charge on any atom is -0.464 e. The number of aromatic nitrogens is 2. The molecule has 2 heterocycles. The number of hydrogen-bond acceptors (Lipinski definition) is 2. The summed E-state index contributed by atoms with van der Waals surface area (Å²) >= 11 is 6.18. The van der Waals surface area contributed by atoms with Gasteiger partial charge in [0.15, 0.2) is 0 Å². The first-order valence-corrected chi connectivity index (χ1v) is 6.83. The van der Waals surface area contributed by atoms with Crippen molar-refractivity contribution in [3.8, 4) is 0 Å². The Hall–Kier alpha value is -1.81. The third-order valence-electron chi connectivity index (χ3n) is 3.21. The summed E-state index contributed by atoms with van der Waals surface area (Å²) in [7, 11) is 0. The first-order chi connectivity index (χ1) is 9.54. The number of furan rings is 1. The molecule has 5 heteroatoms. The smallest absolute Gasteiger partial charge is 0.128 e. The highest BCUT2D eigenvalue weighted by Crippen LogP contribution is 2.26. The fourth-order valence-corrected chi connectivity index (χ4v) is 2.48. The van der Waals surface area contributed by atoms with Crippen LogP contribution >= 0.6 is 11.6 Å². The molecule has 0 radical (unpaired) electrons. The Bertz CT molecular complexity index is 760. The number of nitrogens with zero attached hydrogens (tertiary/aromatic N) is 2. The SMILES string of the molecule is Cc1ccc(Cn2c(C(C)Cl)nc3cc(F)ccc32)o1. The number of alkyl halides is 1. The Morgan fingerprint density at radius 2 is 2.15 bits per heavy atom. The summed E-state index contributed by atoms with van der Waals surface area (Å²) in [6, 6.07) is 8.40. The maximum Gasteiger partial charge on any atom is 0.128 e. The maximum absolute atomic E-state index is 13.3. The second-order valence-corrected chi connectivity index (χ2v) is 5.47. The molecule has 0 bridgehead atoms. The van der Waals surface area contributed by atoms with E-state index in [-0.39, 0.29) is 11.2 Å². The lowest BCUT2D eigenvalue weighted by atomic mass is 10.3. The Balaban J connectivity index is 2.13. The molecule has 0 N–H and O–H groups in total. The number of halogens is 2. The molecule has 3 nitrogen and oxygen atoms in total. The van der Waals surface area contributed by atoms with Gasteiger partial charge < -0.3 is 8.98 Å². The normalized spacial score (nSPS) is 13.0. The van der Waals surface area contributed by atoms with Gasteiger partial charge in [0.25, 0.3) is 0 Å². The first kappa shape index (κ1) is 13.2. The molecular formula is C15H14ClFN2O. The van der Waals surface area contributed by atoms with Crippen molar-refractivity contribution >= 4 is 22.6 Å². The number of fused-ring (bicyclic) bond motifs is 1. The fraction of sp³-hybridized carbons (Fsp3) is 0.267. The van der Waals surface area contributed by atoms with Crippen LogP contribution in [0.2, 0.25) is 0 Å². The van der Waals surface area contributed by atoms with Crippen LogP contribution in [-0.2, 0) is 6.54 Å². The fourth-order valence-electron chi connectivity index (χ4n) is 2.32. The van der Waals surface area contributed by atoms with Crippen molar-refractivity contribution in [2.24, 2.45) is 0 Å². The van der Waals surface area contributed by atoms with E-state index in [1.807, 2.05) is 30.5 Å². The van der Waals surface area contributed by atoms with Gasteiger partial charge in [-0.1, -0.05) is 0 Å². The number of benzene rings is 1. The standard InChI is InChI=1S/C15H14ClFN2O/c1-9-3-5-12(20-9)8-19-14-6-4-11(17)7-13(14)18-15(19)10(2)16/h3-7,10H,8H2,1-2H3. The number of imidazole rings is 1. The molecule has 1 aromatic carbocycles. The Morgan fingerprint density at radius 1 is 1.35 bits per heavy atom. The van der Waals surface area contributed by atoms with Crippen LogP contribution in [0, 0.1) is 12.7 Å². The molecule has 0 aliphatic heterocycles. The molecule has 0 amide bonds. The van der Waals surface area contributed by atoms with Crippen LogP contribution in [-0.4, -0.2) is 9.55 Å². The van der Waals surface area contributed by atoms with E-state index in [4.69, 9.17) is 16.0 Å². The largest absolute Gasteiger partial charge is 0.464 e. The van der Waals surface area contributed by atoms with Crippen molar-refractivity contribution in [1.29, 1.82) is 0 Å². The summed E-state index contributed by atoms with van der Waals surface area (Å²) in [5.41, 5.74) is 1.46. The van der Waals surface area contributed by atoms with E-state index in [2.05, 4.69) is 4.98 Å². The average Bonchev–Trinajstić information content (AvgIpc) is 2.94. The second-order valence-electron chi connectivity index (χ2n) is 4.82. The lowest BCUT2D eigenvalue weighted by Gasteiger charge is -2.08. The van der Waals surface area contributed by atoms with Crippen molar-refractivity contribution in [1.82, 2.24) is 9.55 Å². The van der Waals surface area contributed by atoms with Crippen molar-refractivity contribution < 1.29 is 8.81 Å². The molecule has 0 aliphatic carbocycles. The van der Waals surface area contributed by atoms with Gasteiger partial charge in [0.1, 0.15) is 23.2 Å².